The Balaban J connectivity index is 2.91. The highest BCUT2D eigenvalue weighted by Crippen LogP contribution is 2.16. The molecule has 0 spiro atoms. The molecule has 0 unspecified atom stereocenters. The van der Waals surface area contributed by atoms with E-state index >= 15 is 0 Å². The highest BCUT2D eigenvalue weighted by molar-refractivity contribution is 5.94. The van der Waals surface area contributed by atoms with E-state index in [0.717, 1.165) is 18.6 Å². The summed E-state index contributed by atoms with van der Waals surface area (Å²) in [5.74, 6) is 0.693. The van der Waals surface area contributed by atoms with Crippen LogP contribution in [0.3, 0.4) is 0 Å². The van der Waals surface area contributed by atoms with Crippen molar-refractivity contribution in [2.24, 2.45) is 0 Å². The molecule has 0 heterocycles. The lowest BCUT2D eigenvalue weighted by Crippen LogP contribution is -2.41. The van der Waals surface area contributed by atoms with Gasteiger partial charge in [0.15, 0.2) is 0 Å². The van der Waals surface area contributed by atoms with Gasteiger partial charge in [0.2, 0.25) is 0 Å². The van der Waals surface area contributed by atoms with Crippen molar-refractivity contribution >= 4 is 5.91 Å². The van der Waals surface area contributed by atoms with Crippen LogP contribution in [0, 0.1) is 0 Å². The van der Waals surface area contributed by atoms with Crippen molar-refractivity contribution in [3.8, 4) is 5.75 Å². The first-order valence-corrected chi connectivity index (χ1v) is 6.73. The molecule has 1 rings (SSSR count). The number of benzene rings is 1. The highest BCUT2D eigenvalue weighted by atomic mass is 16.5. The van der Waals surface area contributed by atoms with Gasteiger partial charge in [0, 0.05) is 18.2 Å². The summed E-state index contributed by atoms with van der Waals surface area (Å²) >= 11 is 0. The van der Waals surface area contributed by atoms with Crippen molar-refractivity contribution in [2.75, 3.05) is 20.3 Å². The minimum atomic E-state index is -0.0367. The number of rotatable bonds is 7. The Hall–Kier alpha value is -1.55. The van der Waals surface area contributed by atoms with Crippen LogP contribution in [0.1, 0.15) is 37.0 Å². The third kappa shape index (κ3) is 3.96. The van der Waals surface area contributed by atoms with E-state index in [1.807, 2.05) is 0 Å². The summed E-state index contributed by atoms with van der Waals surface area (Å²) in [4.78, 5) is 14.2. The largest absolute Gasteiger partial charge is 0.497 e. The lowest BCUT2D eigenvalue weighted by atomic mass is 10.1. The standard InChI is InChI=1S/C15H23NO3/c1-4-13(5-2)16(10-11-17)15(18)12-6-8-14(19-3)9-7-12/h6-9,13,17H,4-5,10-11H2,1-3H3. The molecule has 106 valence electrons. The minimum Gasteiger partial charge on any atom is -0.497 e. The topological polar surface area (TPSA) is 49.8 Å². The third-order valence-electron chi connectivity index (χ3n) is 3.32. The van der Waals surface area contributed by atoms with E-state index in [4.69, 9.17) is 9.84 Å². The number of amides is 1. The Bertz CT molecular complexity index is 385. The number of carbonyl (C=O) groups excluding carboxylic acids is 1. The summed E-state index contributed by atoms with van der Waals surface area (Å²) < 4.78 is 5.08. The van der Waals surface area contributed by atoms with Gasteiger partial charge < -0.3 is 14.7 Å². The van der Waals surface area contributed by atoms with Crippen LogP contribution in [0.15, 0.2) is 24.3 Å². The molecule has 1 N–H and O–H groups in total. The zero-order chi connectivity index (χ0) is 14.3. The van der Waals surface area contributed by atoms with Crippen molar-refractivity contribution in [3.05, 3.63) is 29.8 Å². The fraction of sp³-hybridized carbons (Fsp3) is 0.533. The Kier molecular flexibility index (Phi) is 6.36. The summed E-state index contributed by atoms with van der Waals surface area (Å²) in [5, 5.41) is 9.14. The number of ether oxygens (including phenoxy) is 1. The van der Waals surface area contributed by atoms with E-state index in [-0.39, 0.29) is 18.6 Å². The van der Waals surface area contributed by atoms with E-state index in [1.54, 1.807) is 36.3 Å². The average Bonchev–Trinajstić information content (AvgIpc) is 2.47. The quantitative estimate of drug-likeness (QED) is 0.823. The van der Waals surface area contributed by atoms with E-state index in [9.17, 15) is 4.79 Å². The summed E-state index contributed by atoms with van der Waals surface area (Å²) in [7, 11) is 1.60. The van der Waals surface area contributed by atoms with Crippen LogP contribution in [0.4, 0.5) is 0 Å². The van der Waals surface area contributed by atoms with Crippen LogP contribution in [-0.4, -0.2) is 42.2 Å². The molecule has 19 heavy (non-hydrogen) atoms. The minimum absolute atomic E-state index is 0.0155. The van der Waals surface area contributed by atoms with Crippen LogP contribution < -0.4 is 4.74 Å². The van der Waals surface area contributed by atoms with Crippen LogP contribution in [0.2, 0.25) is 0 Å². The number of nitrogens with zero attached hydrogens (tertiary/aromatic N) is 1. The van der Waals surface area contributed by atoms with Crippen molar-refractivity contribution in [1.82, 2.24) is 4.90 Å². The Morgan fingerprint density at radius 1 is 1.26 bits per heavy atom. The number of aliphatic hydroxyl groups is 1. The van der Waals surface area contributed by atoms with E-state index < -0.39 is 0 Å². The van der Waals surface area contributed by atoms with Crippen LogP contribution in [-0.2, 0) is 0 Å². The predicted molar refractivity (Wildman–Crippen MR) is 75.5 cm³/mol. The molecule has 1 aromatic rings. The van der Waals surface area contributed by atoms with E-state index in [1.165, 1.54) is 0 Å². The van der Waals surface area contributed by atoms with Crippen molar-refractivity contribution in [3.63, 3.8) is 0 Å². The van der Waals surface area contributed by atoms with E-state index in [2.05, 4.69) is 13.8 Å². The summed E-state index contributed by atoms with van der Waals surface area (Å²) in [6, 6.07) is 7.23. The van der Waals surface area contributed by atoms with Gasteiger partial charge >= 0.3 is 0 Å². The molecule has 0 bridgehead atoms. The molecule has 1 aromatic carbocycles. The second kappa shape index (κ2) is 7.79. The summed E-state index contributed by atoms with van der Waals surface area (Å²) in [6.07, 6.45) is 1.77. The maximum atomic E-state index is 12.5. The normalized spacial score (nSPS) is 10.6. The van der Waals surface area contributed by atoms with Gasteiger partial charge in [0.05, 0.1) is 13.7 Å². The molecule has 0 saturated heterocycles. The molecule has 0 aromatic heterocycles. The first-order valence-electron chi connectivity index (χ1n) is 6.73. The molecule has 4 heteroatoms. The number of aliphatic hydroxyl groups excluding tert-OH is 1. The van der Waals surface area contributed by atoms with Gasteiger partial charge in [-0.2, -0.15) is 0 Å². The molecule has 0 fully saturated rings. The molecule has 4 nitrogen and oxygen atoms in total. The van der Waals surface area contributed by atoms with Gasteiger partial charge in [-0.1, -0.05) is 13.8 Å². The fourth-order valence-electron chi connectivity index (χ4n) is 2.19. The van der Waals surface area contributed by atoms with Crippen LogP contribution in [0.25, 0.3) is 0 Å². The van der Waals surface area contributed by atoms with Crippen molar-refractivity contribution in [2.45, 2.75) is 32.7 Å². The molecule has 0 saturated carbocycles. The second-order valence-corrected chi connectivity index (χ2v) is 4.42. The molecule has 0 atom stereocenters. The van der Waals surface area contributed by atoms with Gasteiger partial charge in [-0.15, -0.1) is 0 Å². The molecule has 0 radical (unpaired) electrons. The first-order chi connectivity index (χ1) is 9.17. The highest BCUT2D eigenvalue weighted by Gasteiger charge is 2.21. The van der Waals surface area contributed by atoms with E-state index in [0.29, 0.717) is 12.1 Å². The van der Waals surface area contributed by atoms with Gasteiger partial charge in [0.1, 0.15) is 5.75 Å². The van der Waals surface area contributed by atoms with Gasteiger partial charge in [-0.05, 0) is 37.1 Å². The molecule has 1 amide bonds. The number of hydrogen-bond donors (Lipinski definition) is 1. The Morgan fingerprint density at radius 2 is 1.84 bits per heavy atom. The zero-order valence-corrected chi connectivity index (χ0v) is 11.9. The lowest BCUT2D eigenvalue weighted by molar-refractivity contribution is 0.0622. The smallest absolute Gasteiger partial charge is 0.254 e. The molecular weight excluding hydrogens is 242 g/mol. The van der Waals surface area contributed by atoms with Gasteiger partial charge in [-0.3, -0.25) is 4.79 Å². The van der Waals surface area contributed by atoms with Crippen molar-refractivity contribution < 1.29 is 14.6 Å². The monoisotopic (exact) mass is 265 g/mol. The zero-order valence-electron chi connectivity index (χ0n) is 11.9. The maximum Gasteiger partial charge on any atom is 0.254 e. The Labute approximate surface area is 115 Å². The first kappa shape index (κ1) is 15.5. The molecular formula is C15H23NO3. The lowest BCUT2D eigenvalue weighted by Gasteiger charge is -2.30. The molecule has 0 aliphatic heterocycles. The van der Waals surface area contributed by atoms with Gasteiger partial charge in [-0.25, -0.2) is 0 Å². The Morgan fingerprint density at radius 3 is 2.26 bits per heavy atom. The molecule has 0 aliphatic carbocycles. The van der Waals surface area contributed by atoms with Crippen LogP contribution >= 0.6 is 0 Å². The maximum absolute atomic E-state index is 12.5. The van der Waals surface area contributed by atoms with Gasteiger partial charge in [0.25, 0.3) is 5.91 Å². The summed E-state index contributed by atoms with van der Waals surface area (Å²) in [5.41, 5.74) is 0.626. The number of carbonyl (C=O) groups is 1. The fourth-order valence-corrected chi connectivity index (χ4v) is 2.19. The number of methoxy groups -OCH3 is 1. The average molecular weight is 265 g/mol. The molecule has 0 aliphatic rings. The summed E-state index contributed by atoms with van der Waals surface area (Å²) in [6.45, 7) is 4.47. The third-order valence-corrected chi connectivity index (χ3v) is 3.32. The van der Waals surface area contributed by atoms with Crippen molar-refractivity contribution in [1.29, 1.82) is 0 Å². The predicted octanol–water partition coefficient (Wildman–Crippen LogP) is 2.32. The second-order valence-electron chi connectivity index (χ2n) is 4.42. The SMILES string of the molecule is CCC(CC)N(CCO)C(=O)c1ccc(OC)cc1. The van der Waals surface area contributed by atoms with Crippen LogP contribution in [0.5, 0.6) is 5.75 Å². The number of hydrogen-bond acceptors (Lipinski definition) is 3.